The smallest absolute Gasteiger partial charge is 0.229 e. The number of carbonyl (C=O) groups excluding carboxylic acids is 1. The van der Waals surface area contributed by atoms with E-state index >= 15 is 0 Å². The predicted molar refractivity (Wildman–Crippen MR) is 109 cm³/mol. The molecule has 2 aliphatic carbocycles. The van der Waals surface area contributed by atoms with Gasteiger partial charge in [-0.3, -0.25) is 4.79 Å². The van der Waals surface area contributed by atoms with E-state index in [1.807, 2.05) is 0 Å². The minimum absolute atomic E-state index is 0.114. The Morgan fingerprint density at radius 3 is 2.59 bits per heavy atom. The molecule has 1 aromatic heterocycles. The Bertz CT molecular complexity index is 704. The maximum atomic E-state index is 13.3. The molecule has 0 spiro atoms. The number of amides is 1. The summed E-state index contributed by atoms with van der Waals surface area (Å²) in [6.45, 7) is 3.23. The average Bonchev–Trinajstić information content (AvgIpc) is 3.44. The molecule has 2 saturated heterocycles. The van der Waals surface area contributed by atoms with Gasteiger partial charge < -0.3 is 14.2 Å². The molecule has 6 nitrogen and oxygen atoms in total. The average molecular weight is 402 g/mol. The van der Waals surface area contributed by atoms with Crippen molar-refractivity contribution in [3.05, 3.63) is 11.7 Å². The maximum absolute atomic E-state index is 13.3. The first kappa shape index (κ1) is 19.5. The van der Waals surface area contributed by atoms with Crippen molar-refractivity contribution in [1.29, 1.82) is 0 Å². The van der Waals surface area contributed by atoms with Gasteiger partial charge in [0, 0.05) is 38.1 Å². The second-order valence-corrected chi connectivity index (χ2v) is 9.97. The quantitative estimate of drug-likeness (QED) is 0.739. The highest BCUT2D eigenvalue weighted by molar-refractivity contribution is 5.79. The minimum Gasteiger partial charge on any atom is -0.381 e. The standard InChI is InChI=1S/C23H35N3O3/c27-21(19-5-2-1-3-6-19)26-12-4-11-23(16-26,15-17-7-8-17)22-24-20(29-25-22)18-9-13-28-14-10-18/h17-19H,1-16H2. The number of nitrogens with zero attached hydrogens (tertiary/aromatic N) is 3. The zero-order valence-electron chi connectivity index (χ0n) is 17.6. The van der Waals surface area contributed by atoms with Gasteiger partial charge in [-0.25, -0.2) is 0 Å². The number of piperidine rings is 1. The van der Waals surface area contributed by atoms with E-state index in [9.17, 15) is 4.79 Å². The molecule has 1 atom stereocenters. The van der Waals surface area contributed by atoms with Gasteiger partial charge in [0.25, 0.3) is 0 Å². The monoisotopic (exact) mass is 401 g/mol. The second-order valence-electron chi connectivity index (χ2n) is 9.97. The lowest BCUT2D eigenvalue weighted by molar-refractivity contribution is -0.139. The fourth-order valence-corrected chi connectivity index (χ4v) is 5.80. The molecule has 1 unspecified atom stereocenters. The number of hydrogen-bond acceptors (Lipinski definition) is 5. The Kier molecular flexibility index (Phi) is 5.63. The van der Waals surface area contributed by atoms with Crippen molar-refractivity contribution in [3.63, 3.8) is 0 Å². The topological polar surface area (TPSA) is 68.5 Å². The molecule has 1 amide bonds. The zero-order valence-corrected chi connectivity index (χ0v) is 17.6. The van der Waals surface area contributed by atoms with Crippen LogP contribution >= 0.6 is 0 Å². The van der Waals surface area contributed by atoms with Crippen LogP contribution in [0, 0.1) is 11.8 Å². The Hall–Kier alpha value is -1.43. The molecule has 160 valence electrons. The highest BCUT2D eigenvalue weighted by Crippen LogP contribution is 2.46. The Morgan fingerprint density at radius 2 is 1.83 bits per heavy atom. The van der Waals surface area contributed by atoms with Gasteiger partial charge >= 0.3 is 0 Å². The molecular formula is C23H35N3O3. The van der Waals surface area contributed by atoms with Gasteiger partial charge in [-0.1, -0.05) is 37.3 Å². The number of hydrogen-bond donors (Lipinski definition) is 0. The highest BCUT2D eigenvalue weighted by Gasteiger charge is 2.46. The molecule has 0 bridgehead atoms. The number of aromatic nitrogens is 2. The molecular weight excluding hydrogens is 366 g/mol. The fourth-order valence-electron chi connectivity index (χ4n) is 5.80. The first-order valence-electron chi connectivity index (χ1n) is 11.9. The lowest BCUT2D eigenvalue weighted by atomic mass is 9.74. The molecule has 5 rings (SSSR count). The normalized spacial score (nSPS) is 29.9. The molecule has 2 saturated carbocycles. The molecule has 3 heterocycles. The Balaban J connectivity index is 1.36. The van der Waals surface area contributed by atoms with Crippen LogP contribution in [-0.4, -0.2) is 47.3 Å². The van der Waals surface area contributed by atoms with Gasteiger partial charge in [0.15, 0.2) is 5.82 Å². The molecule has 29 heavy (non-hydrogen) atoms. The van der Waals surface area contributed by atoms with E-state index in [0.717, 1.165) is 88.9 Å². The highest BCUT2D eigenvalue weighted by atomic mass is 16.5. The third kappa shape index (κ3) is 4.23. The van der Waals surface area contributed by atoms with E-state index in [2.05, 4.69) is 10.1 Å². The summed E-state index contributed by atoms with van der Waals surface area (Å²) < 4.78 is 11.3. The summed E-state index contributed by atoms with van der Waals surface area (Å²) in [5.74, 6) is 3.37. The van der Waals surface area contributed by atoms with E-state index in [4.69, 9.17) is 14.2 Å². The van der Waals surface area contributed by atoms with Crippen molar-refractivity contribution in [1.82, 2.24) is 15.0 Å². The first-order chi connectivity index (χ1) is 14.2. The van der Waals surface area contributed by atoms with Gasteiger partial charge in [0.2, 0.25) is 11.8 Å². The van der Waals surface area contributed by atoms with Gasteiger partial charge in [-0.2, -0.15) is 4.98 Å². The van der Waals surface area contributed by atoms with Crippen LogP contribution in [-0.2, 0) is 14.9 Å². The van der Waals surface area contributed by atoms with E-state index in [1.165, 1.54) is 32.1 Å². The van der Waals surface area contributed by atoms with E-state index < -0.39 is 0 Å². The Morgan fingerprint density at radius 1 is 1.03 bits per heavy atom. The summed E-state index contributed by atoms with van der Waals surface area (Å²) in [5.41, 5.74) is -0.114. The molecule has 0 aromatic carbocycles. The van der Waals surface area contributed by atoms with Gasteiger partial charge in [-0.05, 0) is 50.9 Å². The molecule has 2 aliphatic heterocycles. The van der Waals surface area contributed by atoms with Crippen molar-refractivity contribution in [3.8, 4) is 0 Å². The maximum Gasteiger partial charge on any atom is 0.229 e. The van der Waals surface area contributed by atoms with Crippen LogP contribution in [0.2, 0.25) is 0 Å². The van der Waals surface area contributed by atoms with Gasteiger partial charge in [-0.15, -0.1) is 0 Å². The Labute approximate surface area is 173 Å². The number of ether oxygens (including phenoxy) is 1. The minimum atomic E-state index is -0.114. The van der Waals surface area contributed by atoms with Crippen LogP contribution in [0.3, 0.4) is 0 Å². The third-order valence-electron chi connectivity index (χ3n) is 7.71. The van der Waals surface area contributed by atoms with Crippen LogP contribution in [0.5, 0.6) is 0 Å². The summed E-state index contributed by atoms with van der Waals surface area (Å²) in [6.07, 6.45) is 13.6. The molecule has 4 aliphatic rings. The number of carbonyl (C=O) groups is 1. The summed E-state index contributed by atoms with van der Waals surface area (Å²) >= 11 is 0. The number of likely N-dealkylation sites (tertiary alicyclic amines) is 1. The van der Waals surface area contributed by atoms with Crippen molar-refractivity contribution < 1.29 is 14.1 Å². The SMILES string of the molecule is O=C(C1CCCCC1)N1CCCC(CC2CC2)(c2noc(C3CCOCC3)n2)C1. The summed E-state index contributed by atoms with van der Waals surface area (Å²) in [7, 11) is 0. The van der Waals surface area contributed by atoms with Crippen LogP contribution in [0.25, 0.3) is 0 Å². The van der Waals surface area contributed by atoms with Crippen molar-refractivity contribution in [2.24, 2.45) is 11.8 Å². The molecule has 0 N–H and O–H groups in total. The summed E-state index contributed by atoms with van der Waals surface area (Å²) in [5, 5.41) is 4.51. The van der Waals surface area contributed by atoms with Crippen LogP contribution in [0.4, 0.5) is 0 Å². The molecule has 6 heteroatoms. The number of rotatable bonds is 5. The van der Waals surface area contributed by atoms with E-state index in [0.29, 0.717) is 11.8 Å². The summed E-state index contributed by atoms with van der Waals surface area (Å²) in [4.78, 5) is 20.4. The van der Waals surface area contributed by atoms with Crippen molar-refractivity contribution in [2.75, 3.05) is 26.3 Å². The van der Waals surface area contributed by atoms with Crippen LogP contribution in [0.15, 0.2) is 4.52 Å². The van der Waals surface area contributed by atoms with Gasteiger partial charge in [0.05, 0.1) is 5.41 Å². The van der Waals surface area contributed by atoms with Crippen LogP contribution < -0.4 is 0 Å². The van der Waals surface area contributed by atoms with Crippen molar-refractivity contribution >= 4 is 5.91 Å². The fraction of sp³-hybridized carbons (Fsp3) is 0.870. The second kappa shape index (κ2) is 8.37. The van der Waals surface area contributed by atoms with Crippen molar-refractivity contribution in [2.45, 2.75) is 88.4 Å². The lowest BCUT2D eigenvalue weighted by Gasteiger charge is -2.42. The lowest BCUT2D eigenvalue weighted by Crippen LogP contribution is -2.51. The third-order valence-corrected chi connectivity index (χ3v) is 7.71. The summed E-state index contributed by atoms with van der Waals surface area (Å²) in [6, 6.07) is 0. The molecule has 4 fully saturated rings. The predicted octanol–water partition coefficient (Wildman–Crippen LogP) is 4.20. The van der Waals surface area contributed by atoms with E-state index in [1.54, 1.807) is 0 Å². The van der Waals surface area contributed by atoms with E-state index in [-0.39, 0.29) is 11.3 Å². The first-order valence-corrected chi connectivity index (χ1v) is 11.9. The van der Waals surface area contributed by atoms with Crippen LogP contribution in [0.1, 0.15) is 94.7 Å². The largest absolute Gasteiger partial charge is 0.381 e. The molecule has 0 radical (unpaired) electrons. The molecule has 1 aromatic rings. The van der Waals surface area contributed by atoms with Gasteiger partial charge in [0.1, 0.15) is 0 Å². The zero-order chi connectivity index (χ0) is 19.7.